The van der Waals surface area contributed by atoms with Crippen LogP contribution in [-0.4, -0.2) is 30.9 Å². The summed E-state index contributed by atoms with van der Waals surface area (Å²) in [6.45, 7) is 9.88. The molecule has 3 heteroatoms. The quantitative estimate of drug-likeness (QED) is 0.759. The molecule has 0 saturated heterocycles. The normalized spacial score (nSPS) is 13.7. The fraction of sp³-hybridized carbons (Fsp3) is 0.917. The van der Waals surface area contributed by atoms with Gasteiger partial charge in [-0.15, -0.1) is 0 Å². The first kappa shape index (κ1) is 14.4. The molecule has 0 aromatic carbocycles. The molecule has 2 N–H and O–H groups in total. The molecular formula is C12H26N2O. The van der Waals surface area contributed by atoms with Gasteiger partial charge in [0.05, 0.1) is 0 Å². The fourth-order valence-corrected chi connectivity index (χ4v) is 1.71. The van der Waals surface area contributed by atoms with Gasteiger partial charge >= 0.3 is 0 Å². The van der Waals surface area contributed by atoms with Crippen LogP contribution in [0.5, 0.6) is 0 Å². The topological polar surface area (TPSA) is 46.3 Å². The highest BCUT2D eigenvalue weighted by atomic mass is 16.2. The van der Waals surface area contributed by atoms with Gasteiger partial charge in [0.15, 0.2) is 0 Å². The minimum absolute atomic E-state index is 0.0981. The van der Waals surface area contributed by atoms with Crippen molar-refractivity contribution in [3.05, 3.63) is 0 Å². The van der Waals surface area contributed by atoms with Gasteiger partial charge in [-0.05, 0) is 24.8 Å². The highest BCUT2D eigenvalue weighted by Gasteiger charge is 2.21. The lowest BCUT2D eigenvalue weighted by atomic mass is 9.95. The summed E-state index contributed by atoms with van der Waals surface area (Å²) in [4.78, 5) is 13.7. The van der Waals surface area contributed by atoms with Gasteiger partial charge in [0, 0.05) is 19.5 Å². The maximum Gasteiger partial charge on any atom is 0.225 e. The third kappa shape index (κ3) is 6.50. The largest absolute Gasteiger partial charge is 0.345 e. The van der Waals surface area contributed by atoms with E-state index >= 15 is 0 Å². The molecule has 0 aliphatic carbocycles. The number of hydrogen-bond donors (Lipinski definition) is 1. The number of amides is 1. The van der Waals surface area contributed by atoms with Crippen molar-refractivity contribution in [1.82, 2.24) is 4.90 Å². The molecule has 0 radical (unpaired) electrons. The number of hydrogen-bond acceptors (Lipinski definition) is 2. The van der Waals surface area contributed by atoms with Gasteiger partial charge < -0.3 is 10.6 Å². The second-order valence-electron chi connectivity index (χ2n) is 5.59. The van der Waals surface area contributed by atoms with Crippen LogP contribution >= 0.6 is 0 Å². The first-order valence-electron chi connectivity index (χ1n) is 5.73. The number of rotatable bonds is 5. The lowest BCUT2D eigenvalue weighted by Crippen LogP contribution is -2.37. The van der Waals surface area contributed by atoms with E-state index in [0.29, 0.717) is 6.54 Å². The van der Waals surface area contributed by atoms with Crippen LogP contribution in [0.1, 0.15) is 40.5 Å². The van der Waals surface area contributed by atoms with E-state index in [1.165, 1.54) is 0 Å². The summed E-state index contributed by atoms with van der Waals surface area (Å²) in [5.41, 5.74) is 5.59. The molecule has 0 fully saturated rings. The first-order valence-corrected chi connectivity index (χ1v) is 5.73. The SMILES string of the molecule is CC(CCCN)C(=O)N(C)CC(C)(C)C. The van der Waals surface area contributed by atoms with E-state index in [-0.39, 0.29) is 17.2 Å². The van der Waals surface area contributed by atoms with Crippen molar-refractivity contribution < 1.29 is 4.79 Å². The number of nitrogens with zero attached hydrogens (tertiary/aromatic N) is 1. The predicted octanol–water partition coefficient (Wildman–Crippen LogP) is 1.87. The molecule has 0 spiro atoms. The molecular weight excluding hydrogens is 188 g/mol. The van der Waals surface area contributed by atoms with Gasteiger partial charge in [0.2, 0.25) is 5.91 Å². The second-order valence-corrected chi connectivity index (χ2v) is 5.59. The summed E-state index contributed by atoms with van der Waals surface area (Å²) in [5.74, 6) is 0.333. The molecule has 0 heterocycles. The van der Waals surface area contributed by atoms with E-state index in [1.54, 1.807) is 0 Å². The van der Waals surface area contributed by atoms with Crippen molar-refractivity contribution in [2.75, 3.05) is 20.1 Å². The Morgan fingerprint density at radius 2 is 1.93 bits per heavy atom. The van der Waals surface area contributed by atoms with Gasteiger partial charge in [-0.2, -0.15) is 0 Å². The first-order chi connectivity index (χ1) is 6.78. The van der Waals surface area contributed by atoms with E-state index in [2.05, 4.69) is 20.8 Å². The number of carbonyl (C=O) groups is 1. The average molecular weight is 214 g/mol. The van der Waals surface area contributed by atoms with Crippen LogP contribution in [0.15, 0.2) is 0 Å². The van der Waals surface area contributed by atoms with Crippen LogP contribution in [0.2, 0.25) is 0 Å². The van der Waals surface area contributed by atoms with Crippen LogP contribution in [0.4, 0.5) is 0 Å². The third-order valence-corrected chi connectivity index (χ3v) is 2.35. The van der Waals surface area contributed by atoms with Crippen LogP contribution in [0.3, 0.4) is 0 Å². The van der Waals surface area contributed by atoms with Crippen LogP contribution in [0, 0.1) is 11.3 Å². The molecule has 0 aliphatic rings. The zero-order chi connectivity index (χ0) is 12.1. The molecule has 0 aromatic heterocycles. The molecule has 15 heavy (non-hydrogen) atoms. The zero-order valence-electron chi connectivity index (χ0n) is 10.8. The summed E-state index contributed by atoms with van der Waals surface area (Å²) in [7, 11) is 1.88. The number of carbonyl (C=O) groups excluding carboxylic acids is 1. The Labute approximate surface area is 94.0 Å². The molecule has 0 aromatic rings. The highest BCUT2D eigenvalue weighted by Crippen LogP contribution is 2.16. The van der Waals surface area contributed by atoms with Gasteiger partial charge in [0.1, 0.15) is 0 Å². The fourth-order valence-electron chi connectivity index (χ4n) is 1.71. The Morgan fingerprint density at radius 3 is 2.33 bits per heavy atom. The Balaban J connectivity index is 4.08. The molecule has 1 unspecified atom stereocenters. The molecule has 3 nitrogen and oxygen atoms in total. The van der Waals surface area contributed by atoms with Crippen molar-refractivity contribution in [3.8, 4) is 0 Å². The Kier molecular flexibility index (Phi) is 5.88. The van der Waals surface area contributed by atoms with E-state index < -0.39 is 0 Å². The van der Waals surface area contributed by atoms with Gasteiger partial charge in [-0.25, -0.2) is 0 Å². The smallest absolute Gasteiger partial charge is 0.225 e. The van der Waals surface area contributed by atoms with Crippen LogP contribution < -0.4 is 5.73 Å². The number of nitrogens with two attached hydrogens (primary N) is 1. The monoisotopic (exact) mass is 214 g/mol. The molecule has 1 atom stereocenters. The van der Waals surface area contributed by atoms with Crippen molar-refractivity contribution in [3.63, 3.8) is 0 Å². The lowest BCUT2D eigenvalue weighted by molar-refractivity contribution is -0.135. The third-order valence-electron chi connectivity index (χ3n) is 2.35. The summed E-state index contributed by atoms with van der Waals surface area (Å²) in [5, 5.41) is 0. The summed E-state index contributed by atoms with van der Waals surface area (Å²) in [6, 6.07) is 0. The van der Waals surface area contributed by atoms with E-state index in [1.807, 2.05) is 18.9 Å². The Hall–Kier alpha value is -0.570. The summed E-state index contributed by atoms with van der Waals surface area (Å²) < 4.78 is 0. The van der Waals surface area contributed by atoms with E-state index in [4.69, 9.17) is 5.73 Å². The highest BCUT2D eigenvalue weighted by molar-refractivity contribution is 5.78. The van der Waals surface area contributed by atoms with Crippen LogP contribution in [-0.2, 0) is 4.79 Å². The lowest BCUT2D eigenvalue weighted by Gasteiger charge is -2.28. The van der Waals surface area contributed by atoms with Gasteiger partial charge in [0.25, 0.3) is 0 Å². The molecule has 1 amide bonds. The van der Waals surface area contributed by atoms with Crippen molar-refractivity contribution in [2.24, 2.45) is 17.1 Å². The molecule has 90 valence electrons. The Bertz CT molecular complexity index is 196. The molecule has 0 bridgehead atoms. The van der Waals surface area contributed by atoms with E-state index in [0.717, 1.165) is 19.4 Å². The maximum atomic E-state index is 11.9. The maximum absolute atomic E-state index is 11.9. The molecule has 0 rings (SSSR count). The minimum atomic E-state index is 0.0981. The average Bonchev–Trinajstić information content (AvgIpc) is 2.10. The zero-order valence-corrected chi connectivity index (χ0v) is 10.8. The predicted molar refractivity (Wildman–Crippen MR) is 64.5 cm³/mol. The Morgan fingerprint density at radius 1 is 1.40 bits per heavy atom. The standard InChI is InChI=1S/C12H26N2O/c1-10(7-6-8-13)11(15)14(5)9-12(2,3)4/h10H,6-9,13H2,1-5H3. The second kappa shape index (κ2) is 6.11. The van der Waals surface area contributed by atoms with Crippen molar-refractivity contribution in [1.29, 1.82) is 0 Å². The summed E-state index contributed by atoms with van der Waals surface area (Å²) in [6.07, 6.45) is 1.82. The summed E-state index contributed by atoms with van der Waals surface area (Å²) >= 11 is 0. The van der Waals surface area contributed by atoms with Gasteiger partial charge in [-0.3, -0.25) is 4.79 Å². The molecule has 0 aliphatic heterocycles. The van der Waals surface area contributed by atoms with Gasteiger partial charge in [-0.1, -0.05) is 27.7 Å². The van der Waals surface area contributed by atoms with Crippen molar-refractivity contribution >= 4 is 5.91 Å². The van der Waals surface area contributed by atoms with Crippen molar-refractivity contribution in [2.45, 2.75) is 40.5 Å². The molecule has 0 saturated carbocycles. The minimum Gasteiger partial charge on any atom is -0.345 e. The van der Waals surface area contributed by atoms with Crippen LogP contribution in [0.25, 0.3) is 0 Å². The van der Waals surface area contributed by atoms with E-state index in [9.17, 15) is 4.79 Å².